The summed E-state index contributed by atoms with van der Waals surface area (Å²) in [4.78, 5) is 10.5. The van der Waals surface area contributed by atoms with Crippen molar-refractivity contribution in [1.82, 2.24) is 0 Å². The van der Waals surface area contributed by atoms with Crippen molar-refractivity contribution in [2.24, 2.45) is 11.8 Å². The van der Waals surface area contributed by atoms with E-state index in [0.29, 0.717) is 25.7 Å². The first kappa shape index (κ1) is 21.9. The highest BCUT2D eigenvalue weighted by Gasteiger charge is 2.39. The van der Waals surface area contributed by atoms with Crippen LogP contribution in [0, 0.1) is 11.8 Å². The van der Waals surface area contributed by atoms with E-state index in [9.17, 15) is 20.1 Å². The van der Waals surface area contributed by atoms with Crippen molar-refractivity contribution < 1.29 is 25.2 Å². The van der Waals surface area contributed by atoms with Gasteiger partial charge in [0.1, 0.15) is 0 Å². The summed E-state index contributed by atoms with van der Waals surface area (Å²) >= 11 is 0. The summed E-state index contributed by atoms with van der Waals surface area (Å²) in [6, 6.07) is 0. The number of carboxylic acids is 1. The zero-order chi connectivity index (χ0) is 18.7. The molecule has 1 fully saturated rings. The standard InChI is InChI=1S/C20H34O5/c1-2-3-6-9-15(21)12-13-17-16(18(22)14-19(17)23)10-7-4-5-8-11-20(24)25/h4,7,12-13,15-19,21-23H,2-3,5-6,8-11,14H2,1H3,(H,24,25)/b7-4-,13-12+/t15-,16-,17-,18+,19-/m1/s1. The lowest BCUT2D eigenvalue weighted by Crippen LogP contribution is -2.20. The van der Waals surface area contributed by atoms with Gasteiger partial charge in [-0.15, -0.1) is 0 Å². The molecule has 0 radical (unpaired) electrons. The van der Waals surface area contributed by atoms with E-state index in [-0.39, 0.29) is 18.3 Å². The zero-order valence-electron chi connectivity index (χ0n) is 15.3. The SMILES string of the molecule is CCCCC[C@@H](O)/C=C/[C@@H]1[C@@H](C/C=C\CCCC(=O)O)[C@@H](O)C[C@H]1O. The van der Waals surface area contributed by atoms with Gasteiger partial charge in [-0.2, -0.15) is 0 Å². The van der Waals surface area contributed by atoms with Gasteiger partial charge in [-0.1, -0.05) is 50.5 Å². The third-order valence-corrected chi connectivity index (χ3v) is 4.91. The fourth-order valence-electron chi connectivity index (χ4n) is 3.41. The molecule has 144 valence electrons. The highest BCUT2D eigenvalue weighted by atomic mass is 16.4. The Morgan fingerprint density at radius 3 is 2.60 bits per heavy atom. The van der Waals surface area contributed by atoms with E-state index < -0.39 is 24.3 Å². The number of hydrogen-bond donors (Lipinski definition) is 4. The van der Waals surface area contributed by atoms with E-state index in [2.05, 4.69) is 6.92 Å². The van der Waals surface area contributed by atoms with Crippen LogP contribution in [0.15, 0.2) is 24.3 Å². The molecule has 1 saturated carbocycles. The van der Waals surface area contributed by atoms with Crippen molar-refractivity contribution in [3.05, 3.63) is 24.3 Å². The second-order valence-electron chi connectivity index (χ2n) is 7.05. The van der Waals surface area contributed by atoms with Crippen molar-refractivity contribution in [3.8, 4) is 0 Å². The number of unbranched alkanes of at least 4 members (excludes halogenated alkanes) is 3. The van der Waals surface area contributed by atoms with Gasteiger partial charge in [-0.05, 0) is 31.6 Å². The van der Waals surface area contributed by atoms with Crippen LogP contribution in [0.5, 0.6) is 0 Å². The Kier molecular flexibility index (Phi) is 10.7. The predicted molar refractivity (Wildman–Crippen MR) is 98.1 cm³/mol. The lowest BCUT2D eigenvalue weighted by molar-refractivity contribution is -0.137. The molecule has 0 bridgehead atoms. The number of allylic oxidation sites excluding steroid dienone is 2. The van der Waals surface area contributed by atoms with Crippen molar-refractivity contribution in [1.29, 1.82) is 0 Å². The summed E-state index contributed by atoms with van der Waals surface area (Å²) < 4.78 is 0. The third kappa shape index (κ3) is 8.66. The molecule has 5 nitrogen and oxygen atoms in total. The average Bonchev–Trinajstić information content (AvgIpc) is 2.82. The van der Waals surface area contributed by atoms with Crippen LogP contribution in [0.3, 0.4) is 0 Å². The minimum atomic E-state index is -0.787. The molecule has 5 atom stereocenters. The molecule has 5 heteroatoms. The van der Waals surface area contributed by atoms with Crippen molar-refractivity contribution in [2.45, 2.75) is 83.0 Å². The Morgan fingerprint density at radius 1 is 1.16 bits per heavy atom. The smallest absolute Gasteiger partial charge is 0.303 e. The van der Waals surface area contributed by atoms with Crippen molar-refractivity contribution in [3.63, 3.8) is 0 Å². The summed E-state index contributed by atoms with van der Waals surface area (Å²) in [5, 5.41) is 39.0. The lowest BCUT2D eigenvalue weighted by atomic mass is 9.89. The summed E-state index contributed by atoms with van der Waals surface area (Å²) in [6.45, 7) is 2.12. The Bertz CT molecular complexity index is 432. The van der Waals surface area contributed by atoms with Gasteiger partial charge in [0.05, 0.1) is 18.3 Å². The van der Waals surface area contributed by atoms with Crippen LogP contribution < -0.4 is 0 Å². The predicted octanol–water partition coefficient (Wildman–Crippen LogP) is 3.04. The Labute approximate surface area is 151 Å². The fraction of sp³-hybridized carbons (Fsp3) is 0.750. The van der Waals surface area contributed by atoms with E-state index in [0.717, 1.165) is 25.7 Å². The first-order chi connectivity index (χ1) is 12.0. The van der Waals surface area contributed by atoms with Gasteiger partial charge in [-0.25, -0.2) is 0 Å². The molecule has 0 aromatic rings. The van der Waals surface area contributed by atoms with Crippen LogP contribution in [0.4, 0.5) is 0 Å². The lowest BCUT2D eigenvalue weighted by Gasteiger charge is -2.19. The molecule has 1 aliphatic carbocycles. The number of hydrogen-bond acceptors (Lipinski definition) is 4. The van der Waals surface area contributed by atoms with E-state index >= 15 is 0 Å². The van der Waals surface area contributed by atoms with E-state index in [1.807, 2.05) is 18.2 Å². The third-order valence-electron chi connectivity index (χ3n) is 4.91. The number of aliphatic hydroxyl groups is 3. The summed E-state index contributed by atoms with van der Waals surface area (Å²) in [6.07, 6.45) is 12.3. The monoisotopic (exact) mass is 354 g/mol. The number of rotatable bonds is 12. The Balaban J connectivity index is 2.46. The Hall–Kier alpha value is -1.17. The van der Waals surface area contributed by atoms with Gasteiger partial charge in [0.25, 0.3) is 0 Å². The number of carboxylic acid groups (broad SMARTS) is 1. The fourth-order valence-corrected chi connectivity index (χ4v) is 3.41. The van der Waals surface area contributed by atoms with Crippen LogP contribution in [-0.4, -0.2) is 44.7 Å². The maximum absolute atomic E-state index is 10.5. The van der Waals surface area contributed by atoms with Gasteiger partial charge in [0.2, 0.25) is 0 Å². The van der Waals surface area contributed by atoms with Crippen LogP contribution in [0.1, 0.15) is 64.7 Å². The van der Waals surface area contributed by atoms with Crippen LogP contribution >= 0.6 is 0 Å². The molecular weight excluding hydrogens is 320 g/mol. The van der Waals surface area contributed by atoms with Gasteiger partial charge in [0, 0.05) is 18.8 Å². The molecule has 0 unspecified atom stereocenters. The topological polar surface area (TPSA) is 98.0 Å². The summed E-state index contributed by atoms with van der Waals surface area (Å²) in [7, 11) is 0. The zero-order valence-corrected chi connectivity index (χ0v) is 15.3. The van der Waals surface area contributed by atoms with E-state index in [1.54, 1.807) is 6.08 Å². The van der Waals surface area contributed by atoms with E-state index in [1.165, 1.54) is 0 Å². The number of aliphatic hydroxyl groups excluding tert-OH is 3. The van der Waals surface area contributed by atoms with Crippen LogP contribution in [0.2, 0.25) is 0 Å². The van der Waals surface area contributed by atoms with E-state index in [4.69, 9.17) is 5.11 Å². The van der Waals surface area contributed by atoms with Crippen molar-refractivity contribution >= 4 is 5.97 Å². The quantitative estimate of drug-likeness (QED) is 0.319. The van der Waals surface area contributed by atoms with Crippen LogP contribution in [-0.2, 0) is 4.79 Å². The summed E-state index contributed by atoms with van der Waals surface area (Å²) in [5.74, 6) is -1.00. The van der Waals surface area contributed by atoms with Gasteiger partial charge in [-0.3, -0.25) is 4.79 Å². The maximum Gasteiger partial charge on any atom is 0.303 e. The molecule has 0 spiro atoms. The second kappa shape index (κ2) is 12.2. The molecule has 0 aliphatic heterocycles. The van der Waals surface area contributed by atoms with Gasteiger partial charge in [0.15, 0.2) is 0 Å². The molecule has 1 aliphatic rings. The molecule has 25 heavy (non-hydrogen) atoms. The number of carbonyl (C=O) groups is 1. The highest BCUT2D eigenvalue weighted by Crippen LogP contribution is 2.36. The maximum atomic E-state index is 10.5. The molecule has 1 rings (SSSR count). The molecule has 0 amide bonds. The van der Waals surface area contributed by atoms with Gasteiger partial charge < -0.3 is 20.4 Å². The molecule has 0 aromatic carbocycles. The van der Waals surface area contributed by atoms with Gasteiger partial charge >= 0.3 is 5.97 Å². The average molecular weight is 354 g/mol. The molecule has 4 N–H and O–H groups in total. The molecule has 0 aromatic heterocycles. The largest absolute Gasteiger partial charge is 0.481 e. The minimum Gasteiger partial charge on any atom is -0.481 e. The summed E-state index contributed by atoms with van der Waals surface area (Å²) in [5.41, 5.74) is 0. The molecule has 0 saturated heterocycles. The second-order valence-corrected chi connectivity index (χ2v) is 7.05. The first-order valence-corrected chi connectivity index (χ1v) is 9.55. The minimum absolute atomic E-state index is 0.0650. The number of aliphatic carboxylic acids is 1. The highest BCUT2D eigenvalue weighted by molar-refractivity contribution is 5.66. The van der Waals surface area contributed by atoms with Crippen molar-refractivity contribution in [2.75, 3.05) is 0 Å². The molecular formula is C20H34O5. The Morgan fingerprint density at radius 2 is 1.92 bits per heavy atom. The first-order valence-electron chi connectivity index (χ1n) is 9.55. The normalized spacial score (nSPS) is 28.2. The van der Waals surface area contributed by atoms with Crippen LogP contribution in [0.25, 0.3) is 0 Å². The molecule has 0 heterocycles.